The van der Waals surface area contributed by atoms with E-state index in [-0.39, 0.29) is 0 Å². The summed E-state index contributed by atoms with van der Waals surface area (Å²) in [5.74, 6) is 1.52. The standard InChI is InChI=1S/C10H14N4O2S/c1-7-4-8(12-16-7)5-14(2)10-11-9(6-15-3)13-17-10/h4H,5-6H2,1-3H3. The smallest absolute Gasteiger partial charge is 0.205 e. The van der Waals surface area contributed by atoms with Gasteiger partial charge < -0.3 is 14.2 Å². The van der Waals surface area contributed by atoms with Crippen molar-refractivity contribution in [1.82, 2.24) is 14.5 Å². The summed E-state index contributed by atoms with van der Waals surface area (Å²) >= 11 is 1.35. The Morgan fingerprint density at radius 1 is 1.53 bits per heavy atom. The molecule has 0 aliphatic rings. The molecule has 0 unspecified atom stereocenters. The van der Waals surface area contributed by atoms with Crippen molar-refractivity contribution in [2.24, 2.45) is 0 Å². The van der Waals surface area contributed by atoms with Crippen molar-refractivity contribution < 1.29 is 9.26 Å². The predicted molar refractivity (Wildman–Crippen MR) is 64.0 cm³/mol. The maximum atomic E-state index is 5.02. The lowest BCUT2D eigenvalue weighted by Gasteiger charge is -2.12. The second kappa shape index (κ2) is 5.24. The maximum absolute atomic E-state index is 5.02. The van der Waals surface area contributed by atoms with Gasteiger partial charge in [0.25, 0.3) is 0 Å². The summed E-state index contributed by atoms with van der Waals surface area (Å²) in [5, 5.41) is 4.78. The molecule has 0 radical (unpaired) electrons. The zero-order valence-electron chi connectivity index (χ0n) is 10.0. The molecule has 0 bridgehead atoms. The number of anilines is 1. The minimum absolute atomic E-state index is 0.438. The highest BCUT2D eigenvalue weighted by Gasteiger charge is 2.11. The van der Waals surface area contributed by atoms with E-state index in [4.69, 9.17) is 9.26 Å². The third-order valence-electron chi connectivity index (χ3n) is 2.13. The van der Waals surface area contributed by atoms with Gasteiger partial charge in [-0.05, 0) is 6.92 Å². The van der Waals surface area contributed by atoms with Crippen LogP contribution in [0.15, 0.2) is 10.6 Å². The number of aryl methyl sites for hydroxylation is 1. The van der Waals surface area contributed by atoms with Crippen molar-refractivity contribution in [3.63, 3.8) is 0 Å². The van der Waals surface area contributed by atoms with Crippen molar-refractivity contribution >= 4 is 16.7 Å². The Morgan fingerprint density at radius 3 is 3.00 bits per heavy atom. The molecule has 0 fully saturated rings. The van der Waals surface area contributed by atoms with Crippen molar-refractivity contribution in [1.29, 1.82) is 0 Å². The quantitative estimate of drug-likeness (QED) is 0.807. The van der Waals surface area contributed by atoms with Gasteiger partial charge in [-0.3, -0.25) is 0 Å². The number of methoxy groups -OCH3 is 1. The first-order valence-corrected chi connectivity index (χ1v) is 5.91. The van der Waals surface area contributed by atoms with E-state index in [0.29, 0.717) is 19.0 Å². The molecule has 7 heteroatoms. The molecule has 0 N–H and O–H groups in total. The zero-order chi connectivity index (χ0) is 12.3. The molecule has 0 saturated carbocycles. The molecule has 0 atom stereocenters. The van der Waals surface area contributed by atoms with Gasteiger partial charge >= 0.3 is 0 Å². The molecular formula is C10H14N4O2S. The van der Waals surface area contributed by atoms with Crippen LogP contribution in [0.2, 0.25) is 0 Å². The van der Waals surface area contributed by atoms with E-state index in [2.05, 4.69) is 14.5 Å². The van der Waals surface area contributed by atoms with E-state index in [1.165, 1.54) is 11.5 Å². The Kier molecular flexibility index (Phi) is 3.70. The Morgan fingerprint density at radius 2 is 2.35 bits per heavy atom. The van der Waals surface area contributed by atoms with Crippen LogP contribution in [0.3, 0.4) is 0 Å². The van der Waals surface area contributed by atoms with E-state index in [1.807, 2.05) is 24.9 Å². The van der Waals surface area contributed by atoms with E-state index >= 15 is 0 Å². The summed E-state index contributed by atoms with van der Waals surface area (Å²) in [6.45, 7) is 2.96. The zero-order valence-corrected chi connectivity index (χ0v) is 10.8. The van der Waals surface area contributed by atoms with E-state index in [9.17, 15) is 0 Å². The fraction of sp³-hybridized carbons (Fsp3) is 0.500. The van der Waals surface area contributed by atoms with Gasteiger partial charge in [-0.1, -0.05) is 5.16 Å². The summed E-state index contributed by atoms with van der Waals surface area (Å²) < 4.78 is 14.2. The first kappa shape index (κ1) is 12.0. The van der Waals surface area contributed by atoms with Crippen molar-refractivity contribution in [2.45, 2.75) is 20.1 Å². The molecule has 2 rings (SSSR count). The Balaban J connectivity index is 2.01. The van der Waals surface area contributed by atoms with Crippen molar-refractivity contribution in [3.05, 3.63) is 23.3 Å². The number of hydrogen-bond acceptors (Lipinski definition) is 7. The van der Waals surface area contributed by atoms with E-state index in [1.54, 1.807) is 7.11 Å². The maximum Gasteiger partial charge on any atom is 0.205 e. The van der Waals surface area contributed by atoms with Gasteiger partial charge in [0, 0.05) is 31.8 Å². The highest BCUT2D eigenvalue weighted by atomic mass is 32.1. The third-order valence-corrected chi connectivity index (χ3v) is 3.00. The summed E-state index contributed by atoms with van der Waals surface area (Å²) in [7, 11) is 3.57. The fourth-order valence-corrected chi connectivity index (χ4v) is 2.02. The number of aromatic nitrogens is 3. The van der Waals surface area contributed by atoms with Crippen LogP contribution in [0.4, 0.5) is 5.13 Å². The minimum Gasteiger partial charge on any atom is -0.377 e. The Hall–Kier alpha value is -1.47. The average Bonchev–Trinajstić information content (AvgIpc) is 2.88. The highest BCUT2D eigenvalue weighted by molar-refractivity contribution is 7.09. The molecule has 0 aliphatic carbocycles. The van der Waals surface area contributed by atoms with Gasteiger partial charge in [-0.25, -0.2) is 4.98 Å². The lowest BCUT2D eigenvalue weighted by Crippen LogP contribution is -2.16. The Labute approximate surface area is 103 Å². The van der Waals surface area contributed by atoms with Crippen LogP contribution in [0, 0.1) is 6.92 Å². The number of hydrogen-bond donors (Lipinski definition) is 0. The van der Waals surface area contributed by atoms with Crippen LogP contribution in [-0.2, 0) is 17.9 Å². The number of rotatable bonds is 5. The van der Waals surface area contributed by atoms with Gasteiger partial charge in [-0.2, -0.15) is 4.37 Å². The molecule has 6 nitrogen and oxygen atoms in total. The predicted octanol–water partition coefficient (Wildman–Crippen LogP) is 1.62. The van der Waals surface area contributed by atoms with Crippen LogP contribution >= 0.6 is 11.5 Å². The SMILES string of the molecule is COCc1nsc(N(C)Cc2cc(C)on2)n1. The van der Waals surface area contributed by atoms with E-state index < -0.39 is 0 Å². The van der Waals surface area contributed by atoms with E-state index in [0.717, 1.165) is 16.6 Å². The fourth-order valence-electron chi connectivity index (χ4n) is 1.39. The average molecular weight is 254 g/mol. The van der Waals surface area contributed by atoms with Gasteiger partial charge in [0.2, 0.25) is 5.13 Å². The first-order chi connectivity index (χ1) is 8.19. The van der Waals surface area contributed by atoms with Crippen LogP contribution in [0.25, 0.3) is 0 Å². The summed E-state index contributed by atoms with van der Waals surface area (Å²) in [4.78, 5) is 6.33. The Bertz CT molecular complexity index is 482. The first-order valence-electron chi connectivity index (χ1n) is 5.14. The van der Waals surface area contributed by atoms with Crippen molar-refractivity contribution in [3.8, 4) is 0 Å². The molecule has 2 aromatic heterocycles. The van der Waals surface area contributed by atoms with Crippen LogP contribution in [0.5, 0.6) is 0 Å². The van der Waals surface area contributed by atoms with Gasteiger partial charge in [0.05, 0.1) is 6.54 Å². The normalized spacial score (nSPS) is 10.8. The highest BCUT2D eigenvalue weighted by Crippen LogP contribution is 2.18. The lowest BCUT2D eigenvalue weighted by molar-refractivity contribution is 0.179. The van der Waals surface area contributed by atoms with Crippen LogP contribution in [-0.4, -0.2) is 28.7 Å². The molecule has 0 aromatic carbocycles. The van der Waals surface area contributed by atoms with Gasteiger partial charge in [0.1, 0.15) is 18.1 Å². The summed E-state index contributed by atoms with van der Waals surface area (Å²) in [5.41, 5.74) is 0.883. The largest absolute Gasteiger partial charge is 0.377 e. The van der Waals surface area contributed by atoms with Crippen LogP contribution < -0.4 is 4.90 Å². The molecular weight excluding hydrogens is 240 g/mol. The number of ether oxygens (including phenoxy) is 1. The minimum atomic E-state index is 0.438. The van der Waals surface area contributed by atoms with Gasteiger partial charge in [0.15, 0.2) is 5.82 Å². The topological polar surface area (TPSA) is 64.3 Å². The molecule has 2 aromatic rings. The van der Waals surface area contributed by atoms with Gasteiger partial charge in [-0.15, -0.1) is 0 Å². The lowest BCUT2D eigenvalue weighted by atomic mass is 10.4. The molecule has 0 spiro atoms. The monoisotopic (exact) mass is 254 g/mol. The summed E-state index contributed by atoms with van der Waals surface area (Å²) in [6.07, 6.45) is 0. The second-order valence-corrected chi connectivity index (χ2v) is 4.44. The molecule has 0 saturated heterocycles. The molecule has 0 aliphatic heterocycles. The molecule has 0 amide bonds. The molecule has 2 heterocycles. The summed E-state index contributed by atoms with van der Waals surface area (Å²) in [6, 6.07) is 1.91. The third kappa shape index (κ3) is 3.01. The molecule has 17 heavy (non-hydrogen) atoms. The second-order valence-electron chi connectivity index (χ2n) is 3.71. The number of nitrogens with zero attached hydrogens (tertiary/aromatic N) is 4. The van der Waals surface area contributed by atoms with Crippen molar-refractivity contribution in [2.75, 3.05) is 19.1 Å². The van der Waals surface area contributed by atoms with Crippen LogP contribution in [0.1, 0.15) is 17.3 Å². The molecule has 92 valence electrons.